The van der Waals surface area contributed by atoms with E-state index in [0.29, 0.717) is 12.2 Å². The molecule has 1 heterocycles. The minimum Gasteiger partial charge on any atom is -0.384 e. The molecule has 4 heteroatoms. The fourth-order valence-corrected chi connectivity index (χ4v) is 2.40. The second-order valence-corrected chi connectivity index (χ2v) is 4.94. The van der Waals surface area contributed by atoms with Crippen molar-refractivity contribution in [2.75, 3.05) is 17.2 Å². The van der Waals surface area contributed by atoms with Crippen LogP contribution in [0.5, 0.6) is 0 Å². The molecule has 2 N–H and O–H groups in total. The number of nitrogens with one attached hydrogen (secondary N) is 2. The van der Waals surface area contributed by atoms with Gasteiger partial charge in [-0.2, -0.15) is 0 Å². The van der Waals surface area contributed by atoms with Crippen molar-refractivity contribution in [2.45, 2.75) is 6.42 Å². The summed E-state index contributed by atoms with van der Waals surface area (Å²) in [6, 6.07) is 13.8. The van der Waals surface area contributed by atoms with E-state index in [0.717, 1.165) is 17.7 Å². The van der Waals surface area contributed by atoms with Gasteiger partial charge in [0.05, 0.1) is 5.92 Å². The maximum absolute atomic E-state index is 12.8. The predicted octanol–water partition coefficient (Wildman–Crippen LogP) is 3.05. The maximum Gasteiger partial charge on any atom is 0.229 e. The second kappa shape index (κ2) is 5.33. The third kappa shape index (κ3) is 2.64. The van der Waals surface area contributed by atoms with E-state index < -0.39 is 0 Å². The van der Waals surface area contributed by atoms with Gasteiger partial charge in [0.25, 0.3) is 0 Å². The highest BCUT2D eigenvalue weighted by atomic mass is 19.1. The Labute approximate surface area is 116 Å². The van der Waals surface area contributed by atoms with E-state index in [1.807, 2.05) is 24.3 Å². The minimum absolute atomic E-state index is 0.0430. The lowest BCUT2D eigenvalue weighted by atomic mass is 9.93. The Morgan fingerprint density at radius 3 is 2.70 bits per heavy atom. The van der Waals surface area contributed by atoms with E-state index >= 15 is 0 Å². The summed E-state index contributed by atoms with van der Waals surface area (Å²) in [6.07, 6.45) is 0.718. The average Bonchev–Trinajstić information content (AvgIpc) is 2.49. The molecule has 1 atom stereocenters. The SMILES string of the molecule is O=C(Nc1ccc(F)cc1)C1CNc2ccccc2C1. The van der Waals surface area contributed by atoms with Crippen molar-refractivity contribution in [2.24, 2.45) is 5.92 Å². The molecule has 2 aromatic rings. The van der Waals surface area contributed by atoms with Crippen molar-refractivity contribution in [3.05, 3.63) is 59.9 Å². The molecule has 0 aliphatic carbocycles. The van der Waals surface area contributed by atoms with Crippen molar-refractivity contribution in [3.8, 4) is 0 Å². The van der Waals surface area contributed by atoms with Crippen LogP contribution in [0.4, 0.5) is 15.8 Å². The molecule has 0 spiro atoms. The number of benzene rings is 2. The van der Waals surface area contributed by atoms with Gasteiger partial charge in [-0.05, 0) is 42.3 Å². The first-order valence-electron chi connectivity index (χ1n) is 6.60. The predicted molar refractivity (Wildman–Crippen MR) is 77.2 cm³/mol. The number of hydrogen-bond donors (Lipinski definition) is 2. The van der Waals surface area contributed by atoms with E-state index in [2.05, 4.69) is 10.6 Å². The normalized spacial score (nSPS) is 16.9. The summed E-state index contributed by atoms with van der Waals surface area (Å²) in [6.45, 7) is 0.615. The van der Waals surface area contributed by atoms with Crippen LogP contribution in [0.15, 0.2) is 48.5 Å². The Kier molecular flexibility index (Phi) is 3.37. The van der Waals surface area contributed by atoms with E-state index in [1.54, 1.807) is 12.1 Å². The van der Waals surface area contributed by atoms with E-state index in [9.17, 15) is 9.18 Å². The molecular weight excluding hydrogens is 255 g/mol. The minimum atomic E-state index is -0.309. The van der Waals surface area contributed by atoms with Gasteiger partial charge in [-0.3, -0.25) is 4.79 Å². The van der Waals surface area contributed by atoms with Crippen molar-refractivity contribution < 1.29 is 9.18 Å². The molecular formula is C16H15FN2O. The fraction of sp³-hybridized carbons (Fsp3) is 0.188. The molecule has 0 fully saturated rings. The number of carbonyl (C=O) groups excluding carboxylic acids is 1. The highest BCUT2D eigenvalue weighted by Crippen LogP contribution is 2.25. The zero-order chi connectivity index (χ0) is 13.9. The lowest BCUT2D eigenvalue weighted by Crippen LogP contribution is -2.33. The van der Waals surface area contributed by atoms with Crippen LogP contribution in [0.1, 0.15) is 5.56 Å². The number of carbonyl (C=O) groups is 1. The third-order valence-corrected chi connectivity index (χ3v) is 3.51. The Morgan fingerprint density at radius 2 is 1.90 bits per heavy atom. The summed E-state index contributed by atoms with van der Waals surface area (Å²) in [4.78, 5) is 12.2. The summed E-state index contributed by atoms with van der Waals surface area (Å²) >= 11 is 0. The van der Waals surface area contributed by atoms with Crippen LogP contribution in [-0.2, 0) is 11.2 Å². The summed E-state index contributed by atoms with van der Waals surface area (Å²) in [5.41, 5.74) is 2.87. The zero-order valence-corrected chi connectivity index (χ0v) is 10.9. The van der Waals surface area contributed by atoms with Gasteiger partial charge < -0.3 is 10.6 Å². The Hall–Kier alpha value is -2.36. The van der Waals surface area contributed by atoms with Gasteiger partial charge in [0.2, 0.25) is 5.91 Å². The number of anilines is 2. The molecule has 0 saturated carbocycles. The monoisotopic (exact) mass is 270 g/mol. The maximum atomic E-state index is 12.8. The van der Waals surface area contributed by atoms with Crippen LogP contribution < -0.4 is 10.6 Å². The van der Waals surface area contributed by atoms with Gasteiger partial charge in [-0.25, -0.2) is 4.39 Å². The Bertz CT molecular complexity index is 625. The largest absolute Gasteiger partial charge is 0.384 e. The number of hydrogen-bond acceptors (Lipinski definition) is 2. The van der Waals surface area contributed by atoms with Gasteiger partial charge in [-0.1, -0.05) is 18.2 Å². The fourth-order valence-electron chi connectivity index (χ4n) is 2.40. The van der Waals surface area contributed by atoms with Crippen molar-refractivity contribution in [1.29, 1.82) is 0 Å². The average molecular weight is 270 g/mol. The molecule has 1 aliphatic heterocycles. The summed E-state index contributed by atoms with van der Waals surface area (Å²) in [5, 5.41) is 6.09. The van der Waals surface area contributed by atoms with Gasteiger partial charge in [0, 0.05) is 17.9 Å². The molecule has 1 aliphatic rings. The van der Waals surface area contributed by atoms with Gasteiger partial charge in [0.15, 0.2) is 0 Å². The first kappa shape index (κ1) is 12.7. The summed E-state index contributed by atoms with van der Waals surface area (Å²) in [5.74, 6) is -0.468. The first-order valence-corrected chi connectivity index (χ1v) is 6.60. The van der Waals surface area contributed by atoms with E-state index in [4.69, 9.17) is 0 Å². The number of rotatable bonds is 2. The number of fused-ring (bicyclic) bond motifs is 1. The molecule has 20 heavy (non-hydrogen) atoms. The second-order valence-electron chi connectivity index (χ2n) is 4.94. The molecule has 102 valence electrons. The van der Waals surface area contributed by atoms with Crippen LogP contribution in [0, 0.1) is 11.7 Å². The highest BCUT2D eigenvalue weighted by molar-refractivity contribution is 5.93. The van der Waals surface area contributed by atoms with Gasteiger partial charge >= 0.3 is 0 Å². The van der Waals surface area contributed by atoms with Crippen LogP contribution in [0.3, 0.4) is 0 Å². The first-order chi connectivity index (χ1) is 9.72. The molecule has 1 unspecified atom stereocenters. The zero-order valence-electron chi connectivity index (χ0n) is 10.9. The van der Waals surface area contributed by atoms with Gasteiger partial charge in [-0.15, -0.1) is 0 Å². The summed E-state index contributed by atoms with van der Waals surface area (Å²) < 4.78 is 12.8. The lowest BCUT2D eigenvalue weighted by molar-refractivity contribution is -0.119. The third-order valence-electron chi connectivity index (χ3n) is 3.51. The molecule has 3 rings (SSSR count). The van der Waals surface area contributed by atoms with Crippen LogP contribution in [0.25, 0.3) is 0 Å². The van der Waals surface area contributed by atoms with Crippen LogP contribution >= 0.6 is 0 Å². The van der Waals surface area contributed by atoms with Gasteiger partial charge in [0.1, 0.15) is 5.82 Å². The molecule has 1 amide bonds. The quantitative estimate of drug-likeness (QED) is 0.880. The molecule has 2 aromatic carbocycles. The van der Waals surface area contributed by atoms with E-state index in [1.165, 1.54) is 12.1 Å². The standard InChI is InChI=1S/C16H15FN2O/c17-13-5-7-14(8-6-13)19-16(20)12-9-11-3-1-2-4-15(11)18-10-12/h1-8,12,18H,9-10H2,(H,19,20). The smallest absolute Gasteiger partial charge is 0.229 e. The number of halogens is 1. The number of amides is 1. The highest BCUT2D eigenvalue weighted by Gasteiger charge is 2.24. The lowest BCUT2D eigenvalue weighted by Gasteiger charge is -2.25. The van der Waals surface area contributed by atoms with E-state index in [-0.39, 0.29) is 17.6 Å². The van der Waals surface area contributed by atoms with Crippen LogP contribution in [0.2, 0.25) is 0 Å². The van der Waals surface area contributed by atoms with Crippen molar-refractivity contribution in [3.63, 3.8) is 0 Å². The van der Waals surface area contributed by atoms with Crippen LogP contribution in [-0.4, -0.2) is 12.5 Å². The number of para-hydroxylation sites is 1. The Balaban J connectivity index is 1.68. The molecule has 3 nitrogen and oxygen atoms in total. The topological polar surface area (TPSA) is 41.1 Å². The van der Waals surface area contributed by atoms with Crippen molar-refractivity contribution in [1.82, 2.24) is 0 Å². The molecule has 0 saturated heterocycles. The summed E-state index contributed by atoms with van der Waals surface area (Å²) in [7, 11) is 0. The van der Waals surface area contributed by atoms with Crippen molar-refractivity contribution >= 4 is 17.3 Å². The molecule has 0 bridgehead atoms. The molecule has 0 radical (unpaired) electrons. The Morgan fingerprint density at radius 1 is 1.15 bits per heavy atom. The molecule has 0 aromatic heterocycles.